The van der Waals surface area contributed by atoms with Crippen LogP contribution >= 0.6 is 23.1 Å². The maximum atomic E-state index is 13.3. The van der Waals surface area contributed by atoms with Gasteiger partial charge in [0.25, 0.3) is 5.56 Å². The standard InChI is InChI=1S/C22H21N3O2S2/c1-3-7-20-23-15(13-28-20)14-29-22-24-19-11-5-4-10-18(19)21(26)25(22)16-8-6-9-17(12-16)27-2/h4-6,8-13H,3,7,14H2,1-2H3. The van der Waals surface area contributed by atoms with Crippen molar-refractivity contribution in [2.75, 3.05) is 7.11 Å². The van der Waals surface area contributed by atoms with Crippen molar-refractivity contribution in [2.45, 2.75) is 30.7 Å². The number of ether oxygens (including phenoxy) is 1. The first-order valence-corrected chi connectivity index (χ1v) is 11.3. The summed E-state index contributed by atoms with van der Waals surface area (Å²) in [6.07, 6.45) is 2.08. The highest BCUT2D eigenvalue weighted by atomic mass is 32.2. The molecule has 0 atom stereocenters. The number of thiazole rings is 1. The van der Waals surface area contributed by atoms with E-state index in [0.29, 0.717) is 27.6 Å². The molecule has 0 N–H and O–H groups in total. The lowest BCUT2D eigenvalue weighted by Crippen LogP contribution is -2.21. The SMILES string of the molecule is CCCc1nc(CSc2nc3ccccc3c(=O)n2-c2cccc(OC)c2)cs1. The number of hydrogen-bond donors (Lipinski definition) is 0. The molecule has 29 heavy (non-hydrogen) atoms. The van der Waals surface area contributed by atoms with Crippen LogP contribution in [-0.2, 0) is 12.2 Å². The van der Waals surface area contributed by atoms with Crippen molar-refractivity contribution < 1.29 is 4.74 Å². The van der Waals surface area contributed by atoms with Gasteiger partial charge in [-0.2, -0.15) is 0 Å². The van der Waals surface area contributed by atoms with Gasteiger partial charge < -0.3 is 4.74 Å². The number of nitrogens with zero attached hydrogens (tertiary/aromatic N) is 3. The Morgan fingerprint density at radius 1 is 1.14 bits per heavy atom. The van der Waals surface area contributed by atoms with E-state index in [-0.39, 0.29) is 5.56 Å². The molecule has 4 rings (SSSR count). The molecule has 5 nitrogen and oxygen atoms in total. The summed E-state index contributed by atoms with van der Waals surface area (Å²) >= 11 is 3.21. The number of methoxy groups -OCH3 is 1. The molecule has 0 radical (unpaired) electrons. The van der Waals surface area contributed by atoms with Crippen LogP contribution in [0.5, 0.6) is 5.75 Å². The van der Waals surface area contributed by atoms with Crippen LogP contribution in [0.4, 0.5) is 0 Å². The van der Waals surface area contributed by atoms with Gasteiger partial charge in [0.2, 0.25) is 0 Å². The summed E-state index contributed by atoms with van der Waals surface area (Å²) in [5.41, 5.74) is 2.36. The molecular weight excluding hydrogens is 402 g/mol. The summed E-state index contributed by atoms with van der Waals surface area (Å²) in [5.74, 6) is 1.36. The highest BCUT2D eigenvalue weighted by Gasteiger charge is 2.14. The maximum Gasteiger partial charge on any atom is 0.266 e. The summed E-state index contributed by atoms with van der Waals surface area (Å²) in [7, 11) is 1.62. The van der Waals surface area contributed by atoms with Gasteiger partial charge in [-0.3, -0.25) is 9.36 Å². The fourth-order valence-corrected chi connectivity index (χ4v) is 4.98. The zero-order valence-electron chi connectivity index (χ0n) is 16.3. The molecule has 0 bridgehead atoms. The minimum absolute atomic E-state index is 0.0868. The zero-order valence-corrected chi connectivity index (χ0v) is 17.9. The van der Waals surface area contributed by atoms with Crippen molar-refractivity contribution in [3.8, 4) is 11.4 Å². The average Bonchev–Trinajstić information content (AvgIpc) is 3.20. The Morgan fingerprint density at radius 3 is 2.83 bits per heavy atom. The van der Waals surface area contributed by atoms with Gasteiger partial charge >= 0.3 is 0 Å². The van der Waals surface area contributed by atoms with E-state index in [1.165, 1.54) is 11.8 Å². The summed E-state index contributed by atoms with van der Waals surface area (Å²) in [5, 5.41) is 4.48. The second kappa shape index (κ2) is 8.80. The zero-order chi connectivity index (χ0) is 20.2. The number of para-hydroxylation sites is 1. The summed E-state index contributed by atoms with van der Waals surface area (Å²) in [6.45, 7) is 2.15. The van der Waals surface area contributed by atoms with E-state index in [0.717, 1.165) is 29.2 Å². The van der Waals surface area contributed by atoms with Gasteiger partial charge in [0.1, 0.15) is 5.75 Å². The molecule has 0 aliphatic carbocycles. The third-order valence-electron chi connectivity index (χ3n) is 4.47. The maximum absolute atomic E-state index is 13.3. The molecule has 0 saturated carbocycles. The predicted octanol–water partition coefficient (Wildman–Crippen LogP) is 5.10. The Hall–Kier alpha value is -2.64. The fraction of sp³-hybridized carbons (Fsp3) is 0.227. The average molecular weight is 424 g/mol. The van der Waals surface area contributed by atoms with Gasteiger partial charge in [-0.1, -0.05) is 36.9 Å². The lowest BCUT2D eigenvalue weighted by Gasteiger charge is -2.13. The lowest BCUT2D eigenvalue weighted by molar-refractivity contribution is 0.414. The molecule has 2 aromatic heterocycles. The van der Waals surface area contributed by atoms with E-state index in [1.54, 1.807) is 23.0 Å². The molecule has 0 unspecified atom stereocenters. The summed E-state index contributed by atoms with van der Waals surface area (Å²) < 4.78 is 7.01. The Morgan fingerprint density at radius 2 is 2.00 bits per heavy atom. The van der Waals surface area contributed by atoms with E-state index in [9.17, 15) is 4.79 Å². The lowest BCUT2D eigenvalue weighted by atomic mass is 10.2. The molecule has 148 valence electrons. The fourth-order valence-electron chi connectivity index (χ4n) is 3.07. The normalized spacial score (nSPS) is 11.1. The van der Waals surface area contributed by atoms with Gasteiger partial charge in [0, 0.05) is 17.2 Å². The molecule has 0 aliphatic heterocycles. The number of benzene rings is 2. The van der Waals surface area contributed by atoms with Crippen LogP contribution in [0.25, 0.3) is 16.6 Å². The number of fused-ring (bicyclic) bond motifs is 1. The molecule has 0 amide bonds. The minimum Gasteiger partial charge on any atom is -0.497 e. The Kier molecular flexibility index (Phi) is 5.97. The number of hydrogen-bond acceptors (Lipinski definition) is 6. The predicted molar refractivity (Wildman–Crippen MR) is 120 cm³/mol. The largest absolute Gasteiger partial charge is 0.497 e. The van der Waals surface area contributed by atoms with E-state index >= 15 is 0 Å². The number of rotatable bonds is 7. The minimum atomic E-state index is -0.0868. The van der Waals surface area contributed by atoms with Gasteiger partial charge in [-0.15, -0.1) is 11.3 Å². The molecular formula is C22H21N3O2S2. The van der Waals surface area contributed by atoms with E-state index in [1.807, 2.05) is 48.5 Å². The van der Waals surface area contributed by atoms with Gasteiger partial charge in [-0.25, -0.2) is 9.97 Å². The summed E-state index contributed by atoms with van der Waals surface area (Å²) in [6, 6.07) is 14.9. The van der Waals surface area contributed by atoms with Crippen LogP contribution in [0, 0.1) is 0 Å². The quantitative estimate of drug-likeness (QED) is 0.306. The number of thioether (sulfide) groups is 1. The van der Waals surface area contributed by atoms with E-state index in [4.69, 9.17) is 14.7 Å². The number of aromatic nitrogens is 3. The second-order valence-electron chi connectivity index (χ2n) is 6.52. The topological polar surface area (TPSA) is 57.0 Å². The highest BCUT2D eigenvalue weighted by Crippen LogP contribution is 2.26. The molecule has 2 heterocycles. The van der Waals surface area contributed by atoms with Crippen molar-refractivity contribution in [3.05, 3.63) is 75.0 Å². The monoisotopic (exact) mass is 423 g/mol. The Balaban J connectivity index is 1.77. The van der Waals surface area contributed by atoms with Crippen LogP contribution in [-0.4, -0.2) is 21.6 Å². The highest BCUT2D eigenvalue weighted by molar-refractivity contribution is 7.98. The van der Waals surface area contributed by atoms with Crippen molar-refractivity contribution in [3.63, 3.8) is 0 Å². The van der Waals surface area contributed by atoms with Gasteiger partial charge in [-0.05, 0) is 37.1 Å². The van der Waals surface area contributed by atoms with Gasteiger partial charge in [0.15, 0.2) is 5.16 Å². The molecule has 0 fully saturated rings. The van der Waals surface area contributed by atoms with Crippen molar-refractivity contribution in [1.29, 1.82) is 0 Å². The van der Waals surface area contributed by atoms with Crippen LogP contribution in [0.1, 0.15) is 24.0 Å². The first-order chi connectivity index (χ1) is 14.2. The van der Waals surface area contributed by atoms with Crippen molar-refractivity contribution in [2.24, 2.45) is 0 Å². The van der Waals surface area contributed by atoms with E-state index in [2.05, 4.69) is 12.3 Å². The van der Waals surface area contributed by atoms with Crippen LogP contribution in [0.2, 0.25) is 0 Å². The molecule has 0 spiro atoms. The molecule has 0 aliphatic rings. The molecule has 4 aromatic rings. The number of aryl methyl sites for hydroxylation is 1. The smallest absolute Gasteiger partial charge is 0.266 e. The Bertz CT molecular complexity index is 1200. The first-order valence-electron chi connectivity index (χ1n) is 9.42. The van der Waals surface area contributed by atoms with Crippen LogP contribution < -0.4 is 10.3 Å². The third kappa shape index (κ3) is 4.21. The van der Waals surface area contributed by atoms with Crippen LogP contribution in [0.3, 0.4) is 0 Å². The Labute approximate surface area is 177 Å². The summed E-state index contributed by atoms with van der Waals surface area (Å²) in [4.78, 5) is 22.8. The van der Waals surface area contributed by atoms with Crippen molar-refractivity contribution in [1.82, 2.24) is 14.5 Å². The molecule has 7 heteroatoms. The van der Waals surface area contributed by atoms with Gasteiger partial charge in [0.05, 0.1) is 34.4 Å². The third-order valence-corrected chi connectivity index (χ3v) is 6.40. The molecule has 2 aromatic carbocycles. The van der Waals surface area contributed by atoms with Crippen molar-refractivity contribution >= 4 is 34.0 Å². The first kappa shape index (κ1) is 19.7. The van der Waals surface area contributed by atoms with E-state index < -0.39 is 0 Å². The molecule has 0 saturated heterocycles. The second-order valence-corrected chi connectivity index (χ2v) is 8.41. The van der Waals surface area contributed by atoms with Crippen LogP contribution in [0.15, 0.2) is 63.9 Å².